The van der Waals surface area contributed by atoms with E-state index in [9.17, 15) is 4.79 Å². The van der Waals surface area contributed by atoms with Gasteiger partial charge in [-0.05, 0) is 35.9 Å². The van der Waals surface area contributed by atoms with Crippen molar-refractivity contribution >= 4 is 17.6 Å². The summed E-state index contributed by atoms with van der Waals surface area (Å²) in [5.41, 5.74) is 1.48. The molecule has 18 heavy (non-hydrogen) atoms. The zero-order valence-electron chi connectivity index (χ0n) is 9.55. The molecule has 1 heterocycles. The molecule has 0 aliphatic heterocycles. The Balaban J connectivity index is 2.54. The van der Waals surface area contributed by atoms with E-state index in [0.717, 1.165) is 11.1 Å². The number of aromatic carboxylic acids is 1. The highest BCUT2D eigenvalue weighted by Crippen LogP contribution is 2.32. The van der Waals surface area contributed by atoms with E-state index in [1.807, 2.05) is 0 Å². The quantitative estimate of drug-likeness (QED) is 0.924. The minimum absolute atomic E-state index is 0.00972. The van der Waals surface area contributed by atoms with Crippen LogP contribution in [-0.4, -0.2) is 23.2 Å². The van der Waals surface area contributed by atoms with E-state index in [2.05, 4.69) is 4.98 Å². The summed E-state index contributed by atoms with van der Waals surface area (Å²) < 4.78 is 5.23. The Bertz CT molecular complexity index is 599. The molecule has 0 saturated carbocycles. The summed E-state index contributed by atoms with van der Waals surface area (Å²) in [5.74, 6) is -0.477. The van der Waals surface area contributed by atoms with Gasteiger partial charge in [0, 0.05) is 16.8 Å². The molecular weight excluding hydrogens is 254 g/mol. The molecule has 2 aromatic rings. The summed E-state index contributed by atoms with van der Waals surface area (Å²) in [6.45, 7) is 0. The van der Waals surface area contributed by atoms with Gasteiger partial charge in [-0.15, -0.1) is 0 Å². The molecule has 0 aliphatic carbocycles. The normalized spacial score (nSPS) is 10.1. The first-order valence-corrected chi connectivity index (χ1v) is 5.53. The number of carboxylic acid groups (broad SMARTS) is 1. The maximum atomic E-state index is 10.9. The third-order valence-corrected chi connectivity index (χ3v) is 2.69. The molecule has 1 aromatic carbocycles. The fourth-order valence-corrected chi connectivity index (χ4v) is 1.78. The highest BCUT2D eigenvalue weighted by molar-refractivity contribution is 6.30. The molecule has 0 unspecified atom stereocenters. The van der Waals surface area contributed by atoms with Gasteiger partial charge in [0.15, 0.2) is 0 Å². The van der Waals surface area contributed by atoms with Crippen LogP contribution in [-0.2, 0) is 0 Å². The second-order valence-corrected chi connectivity index (χ2v) is 4.02. The molecule has 1 aromatic heterocycles. The SMILES string of the molecule is COc1cc(Cl)ccc1-c1ccnc(C(=O)O)c1. The third-order valence-electron chi connectivity index (χ3n) is 2.45. The van der Waals surface area contributed by atoms with Crippen LogP contribution >= 0.6 is 11.6 Å². The van der Waals surface area contributed by atoms with Crippen LogP contribution in [0, 0.1) is 0 Å². The van der Waals surface area contributed by atoms with Crippen molar-refractivity contribution in [2.45, 2.75) is 0 Å². The van der Waals surface area contributed by atoms with Gasteiger partial charge in [0.05, 0.1) is 7.11 Å². The van der Waals surface area contributed by atoms with E-state index in [4.69, 9.17) is 21.4 Å². The maximum Gasteiger partial charge on any atom is 0.354 e. The Kier molecular flexibility index (Phi) is 3.48. The number of pyridine rings is 1. The van der Waals surface area contributed by atoms with Crippen molar-refractivity contribution < 1.29 is 14.6 Å². The fourth-order valence-electron chi connectivity index (χ4n) is 1.62. The van der Waals surface area contributed by atoms with E-state index in [0.29, 0.717) is 10.8 Å². The Hall–Kier alpha value is -2.07. The smallest absolute Gasteiger partial charge is 0.354 e. The average Bonchev–Trinajstić information content (AvgIpc) is 2.38. The van der Waals surface area contributed by atoms with Gasteiger partial charge in [-0.3, -0.25) is 0 Å². The zero-order chi connectivity index (χ0) is 13.1. The topological polar surface area (TPSA) is 59.4 Å². The largest absolute Gasteiger partial charge is 0.496 e. The molecular formula is C13H10ClNO3. The number of hydrogen-bond acceptors (Lipinski definition) is 3. The summed E-state index contributed by atoms with van der Waals surface area (Å²) in [6, 6.07) is 8.40. The molecule has 0 spiro atoms. The van der Waals surface area contributed by atoms with Gasteiger partial charge in [0.1, 0.15) is 11.4 Å². The number of hydrogen-bond donors (Lipinski definition) is 1. The number of halogens is 1. The van der Waals surface area contributed by atoms with E-state index >= 15 is 0 Å². The van der Waals surface area contributed by atoms with E-state index in [1.54, 1.807) is 24.3 Å². The van der Waals surface area contributed by atoms with Crippen molar-refractivity contribution in [3.8, 4) is 16.9 Å². The number of nitrogens with zero attached hydrogens (tertiary/aromatic N) is 1. The summed E-state index contributed by atoms with van der Waals surface area (Å²) in [7, 11) is 1.54. The van der Waals surface area contributed by atoms with Crippen LogP contribution in [0.4, 0.5) is 0 Å². The Labute approximate surface area is 109 Å². The van der Waals surface area contributed by atoms with Crippen molar-refractivity contribution in [1.82, 2.24) is 4.98 Å². The van der Waals surface area contributed by atoms with Crippen molar-refractivity contribution in [2.75, 3.05) is 7.11 Å². The number of aromatic nitrogens is 1. The van der Waals surface area contributed by atoms with Crippen LogP contribution in [0.15, 0.2) is 36.5 Å². The van der Waals surface area contributed by atoms with Crippen molar-refractivity contribution in [3.05, 3.63) is 47.2 Å². The lowest BCUT2D eigenvalue weighted by molar-refractivity contribution is 0.0690. The van der Waals surface area contributed by atoms with Crippen LogP contribution in [0.3, 0.4) is 0 Å². The molecule has 0 fully saturated rings. The fraction of sp³-hybridized carbons (Fsp3) is 0.0769. The molecule has 0 radical (unpaired) electrons. The van der Waals surface area contributed by atoms with Gasteiger partial charge in [-0.25, -0.2) is 9.78 Å². The van der Waals surface area contributed by atoms with Crippen LogP contribution in [0.5, 0.6) is 5.75 Å². The van der Waals surface area contributed by atoms with E-state index in [-0.39, 0.29) is 5.69 Å². The van der Waals surface area contributed by atoms with E-state index < -0.39 is 5.97 Å². The lowest BCUT2D eigenvalue weighted by Crippen LogP contribution is -1.99. The van der Waals surface area contributed by atoms with Crippen LogP contribution < -0.4 is 4.74 Å². The predicted molar refractivity (Wildman–Crippen MR) is 68.2 cm³/mol. The van der Waals surface area contributed by atoms with Crippen LogP contribution in [0.25, 0.3) is 11.1 Å². The second-order valence-electron chi connectivity index (χ2n) is 3.58. The van der Waals surface area contributed by atoms with Gasteiger partial charge in [-0.2, -0.15) is 0 Å². The molecule has 0 amide bonds. The van der Waals surface area contributed by atoms with Crippen molar-refractivity contribution in [2.24, 2.45) is 0 Å². The predicted octanol–water partition coefficient (Wildman–Crippen LogP) is 3.11. The van der Waals surface area contributed by atoms with Crippen LogP contribution in [0.1, 0.15) is 10.5 Å². The number of methoxy groups -OCH3 is 1. The summed E-state index contributed by atoms with van der Waals surface area (Å²) in [6.07, 6.45) is 1.45. The monoisotopic (exact) mass is 263 g/mol. The number of benzene rings is 1. The number of ether oxygens (including phenoxy) is 1. The first kappa shape index (κ1) is 12.4. The molecule has 5 heteroatoms. The molecule has 92 valence electrons. The first-order valence-electron chi connectivity index (χ1n) is 5.15. The van der Waals surface area contributed by atoms with Gasteiger partial charge in [0.25, 0.3) is 0 Å². The second kappa shape index (κ2) is 5.06. The van der Waals surface area contributed by atoms with Crippen molar-refractivity contribution in [3.63, 3.8) is 0 Å². The maximum absolute atomic E-state index is 10.9. The van der Waals surface area contributed by atoms with Crippen molar-refractivity contribution in [1.29, 1.82) is 0 Å². The highest BCUT2D eigenvalue weighted by Gasteiger charge is 2.10. The summed E-state index contributed by atoms with van der Waals surface area (Å²) in [4.78, 5) is 14.6. The number of carbonyl (C=O) groups is 1. The minimum Gasteiger partial charge on any atom is -0.496 e. The Morgan fingerprint density at radius 3 is 2.78 bits per heavy atom. The standard InChI is InChI=1S/C13H10ClNO3/c1-18-12-7-9(14)2-3-10(12)8-4-5-15-11(6-8)13(16)17/h2-7H,1H3,(H,16,17). The zero-order valence-corrected chi connectivity index (χ0v) is 10.3. The number of rotatable bonds is 3. The van der Waals surface area contributed by atoms with Gasteiger partial charge >= 0.3 is 5.97 Å². The lowest BCUT2D eigenvalue weighted by Gasteiger charge is -2.09. The molecule has 0 aliphatic rings. The third kappa shape index (κ3) is 2.43. The van der Waals surface area contributed by atoms with Crippen LogP contribution in [0.2, 0.25) is 5.02 Å². The lowest BCUT2D eigenvalue weighted by atomic mass is 10.1. The Morgan fingerprint density at radius 2 is 2.11 bits per heavy atom. The summed E-state index contributed by atoms with van der Waals surface area (Å²) >= 11 is 5.88. The minimum atomic E-state index is -1.07. The van der Waals surface area contributed by atoms with Gasteiger partial charge < -0.3 is 9.84 Å². The van der Waals surface area contributed by atoms with Gasteiger partial charge in [0.2, 0.25) is 0 Å². The summed E-state index contributed by atoms with van der Waals surface area (Å²) in [5, 5.41) is 9.47. The molecule has 0 saturated heterocycles. The average molecular weight is 264 g/mol. The molecule has 0 atom stereocenters. The Morgan fingerprint density at radius 1 is 1.33 bits per heavy atom. The highest BCUT2D eigenvalue weighted by atomic mass is 35.5. The molecule has 1 N–H and O–H groups in total. The molecule has 2 rings (SSSR count). The molecule has 0 bridgehead atoms. The van der Waals surface area contributed by atoms with E-state index in [1.165, 1.54) is 19.4 Å². The number of carboxylic acids is 1. The molecule has 4 nitrogen and oxygen atoms in total. The van der Waals surface area contributed by atoms with Gasteiger partial charge in [-0.1, -0.05) is 11.6 Å². The first-order chi connectivity index (χ1) is 8.61.